The Hall–Kier alpha value is -2.67. The fourth-order valence-corrected chi connectivity index (χ4v) is 2.88. The lowest BCUT2D eigenvalue weighted by Gasteiger charge is -2.27. The first-order chi connectivity index (χ1) is 13.7. The SMILES string of the molecule is CCCCCOc1ccc(/C=N\Nc2cc(C)nc(N3CCOCC3)n2)cc1. The second-order valence-electron chi connectivity index (χ2n) is 6.79. The van der Waals surface area contributed by atoms with Crippen LogP contribution in [0.5, 0.6) is 5.75 Å². The lowest BCUT2D eigenvalue weighted by molar-refractivity contribution is 0.122. The highest BCUT2D eigenvalue weighted by atomic mass is 16.5. The van der Waals surface area contributed by atoms with Crippen LogP contribution in [-0.4, -0.2) is 49.1 Å². The van der Waals surface area contributed by atoms with Crippen LogP contribution < -0.4 is 15.1 Å². The zero-order valence-corrected chi connectivity index (χ0v) is 16.7. The summed E-state index contributed by atoms with van der Waals surface area (Å²) in [4.78, 5) is 11.2. The first kappa shape index (κ1) is 20.1. The summed E-state index contributed by atoms with van der Waals surface area (Å²) in [5.41, 5.74) is 4.90. The van der Waals surface area contributed by atoms with Crippen LogP contribution in [0.15, 0.2) is 35.4 Å². The first-order valence-corrected chi connectivity index (χ1v) is 9.95. The highest BCUT2D eigenvalue weighted by Gasteiger charge is 2.14. The molecule has 3 rings (SSSR count). The monoisotopic (exact) mass is 383 g/mol. The third-order valence-corrected chi connectivity index (χ3v) is 4.43. The number of anilines is 2. The molecule has 1 aromatic carbocycles. The van der Waals surface area contributed by atoms with Crippen LogP contribution in [0.3, 0.4) is 0 Å². The van der Waals surface area contributed by atoms with Crippen molar-refractivity contribution in [2.45, 2.75) is 33.1 Å². The van der Waals surface area contributed by atoms with Gasteiger partial charge in [0.1, 0.15) is 5.75 Å². The Morgan fingerprint density at radius 3 is 2.71 bits per heavy atom. The molecule has 0 spiro atoms. The quantitative estimate of drug-likeness (QED) is 0.405. The average molecular weight is 383 g/mol. The molecule has 0 bridgehead atoms. The molecule has 0 aliphatic carbocycles. The molecule has 0 amide bonds. The minimum atomic E-state index is 0.682. The van der Waals surface area contributed by atoms with E-state index in [0.717, 1.165) is 43.1 Å². The van der Waals surface area contributed by atoms with E-state index in [2.05, 4.69) is 32.3 Å². The zero-order chi connectivity index (χ0) is 19.6. The highest BCUT2D eigenvalue weighted by molar-refractivity contribution is 5.80. The topological polar surface area (TPSA) is 71.9 Å². The minimum Gasteiger partial charge on any atom is -0.494 e. The average Bonchev–Trinajstić information content (AvgIpc) is 2.73. The Bertz CT molecular complexity index is 758. The molecular formula is C21H29N5O2. The summed E-state index contributed by atoms with van der Waals surface area (Å²) in [6, 6.07) is 9.81. The molecular weight excluding hydrogens is 354 g/mol. The second-order valence-corrected chi connectivity index (χ2v) is 6.79. The third kappa shape index (κ3) is 6.20. The van der Waals surface area contributed by atoms with Gasteiger partial charge in [-0.3, -0.25) is 5.43 Å². The number of hydrogen-bond acceptors (Lipinski definition) is 7. The van der Waals surface area contributed by atoms with Gasteiger partial charge in [-0.2, -0.15) is 10.1 Å². The van der Waals surface area contributed by atoms with Crippen molar-refractivity contribution in [3.63, 3.8) is 0 Å². The van der Waals surface area contributed by atoms with Gasteiger partial charge < -0.3 is 14.4 Å². The van der Waals surface area contributed by atoms with Crippen LogP contribution in [0.2, 0.25) is 0 Å². The molecule has 0 unspecified atom stereocenters. The zero-order valence-electron chi connectivity index (χ0n) is 16.7. The molecule has 7 nitrogen and oxygen atoms in total. The van der Waals surface area contributed by atoms with Crippen molar-refractivity contribution in [3.8, 4) is 5.75 Å². The van der Waals surface area contributed by atoms with Gasteiger partial charge in [0.05, 0.1) is 26.0 Å². The molecule has 1 saturated heterocycles. The molecule has 7 heteroatoms. The molecule has 150 valence electrons. The summed E-state index contributed by atoms with van der Waals surface area (Å²) < 4.78 is 11.1. The third-order valence-electron chi connectivity index (χ3n) is 4.43. The highest BCUT2D eigenvalue weighted by Crippen LogP contribution is 2.15. The van der Waals surface area contributed by atoms with E-state index in [1.807, 2.05) is 37.3 Å². The maximum absolute atomic E-state index is 5.73. The number of nitrogens with zero attached hydrogens (tertiary/aromatic N) is 4. The molecule has 2 aromatic rings. The predicted octanol–water partition coefficient (Wildman–Crippen LogP) is 3.64. The van der Waals surface area contributed by atoms with Gasteiger partial charge in [0.15, 0.2) is 5.82 Å². The molecule has 0 saturated carbocycles. The van der Waals surface area contributed by atoms with Crippen LogP contribution in [0.25, 0.3) is 0 Å². The smallest absolute Gasteiger partial charge is 0.227 e. The van der Waals surface area contributed by atoms with Crippen LogP contribution in [0.4, 0.5) is 11.8 Å². The van der Waals surface area contributed by atoms with Crippen LogP contribution in [-0.2, 0) is 4.74 Å². The van der Waals surface area contributed by atoms with Crippen molar-refractivity contribution in [1.82, 2.24) is 9.97 Å². The van der Waals surface area contributed by atoms with E-state index in [-0.39, 0.29) is 0 Å². The van der Waals surface area contributed by atoms with Gasteiger partial charge in [0, 0.05) is 24.8 Å². The van der Waals surface area contributed by atoms with Crippen LogP contribution in [0.1, 0.15) is 37.4 Å². The number of benzene rings is 1. The van der Waals surface area contributed by atoms with Crippen molar-refractivity contribution in [2.24, 2.45) is 5.10 Å². The fourth-order valence-electron chi connectivity index (χ4n) is 2.88. The predicted molar refractivity (Wildman–Crippen MR) is 112 cm³/mol. The number of nitrogens with one attached hydrogen (secondary N) is 1. The maximum atomic E-state index is 5.73. The van der Waals surface area contributed by atoms with Crippen LogP contribution >= 0.6 is 0 Å². The fraction of sp³-hybridized carbons (Fsp3) is 0.476. The Kier molecular flexibility index (Phi) is 7.61. The molecule has 2 heterocycles. The van der Waals surface area contributed by atoms with Crippen molar-refractivity contribution >= 4 is 18.0 Å². The summed E-state index contributed by atoms with van der Waals surface area (Å²) >= 11 is 0. The van der Waals surface area contributed by atoms with Gasteiger partial charge in [0.25, 0.3) is 0 Å². The lowest BCUT2D eigenvalue weighted by Crippen LogP contribution is -2.37. The van der Waals surface area contributed by atoms with Crippen molar-refractivity contribution in [1.29, 1.82) is 0 Å². The normalized spacial score (nSPS) is 14.4. The molecule has 1 fully saturated rings. The van der Waals surface area contributed by atoms with Gasteiger partial charge in [0.2, 0.25) is 5.95 Å². The summed E-state index contributed by atoms with van der Waals surface area (Å²) in [6.45, 7) is 7.93. The summed E-state index contributed by atoms with van der Waals surface area (Å²) in [7, 11) is 0. The molecule has 28 heavy (non-hydrogen) atoms. The van der Waals surface area contributed by atoms with Gasteiger partial charge in [-0.15, -0.1) is 0 Å². The summed E-state index contributed by atoms with van der Waals surface area (Å²) in [5, 5.41) is 4.31. The lowest BCUT2D eigenvalue weighted by atomic mass is 10.2. The maximum Gasteiger partial charge on any atom is 0.227 e. The van der Waals surface area contributed by atoms with E-state index in [1.165, 1.54) is 12.8 Å². The molecule has 1 aliphatic rings. The summed E-state index contributed by atoms with van der Waals surface area (Å²) in [5.74, 6) is 2.29. The minimum absolute atomic E-state index is 0.682. The number of aromatic nitrogens is 2. The van der Waals surface area contributed by atoms with Crippen molar-refractivity contribution in [3.05, 3.63) is 41.6 Å². The number of ether oxygens (including phenoxy) is 2. The van der Waals surface area contributed by atoms with Gasteiger partial charge in [-0.1, -0.05) is 19.8 Å². The number of hydrogen-bond donors (Lipinski definition) is 1. The van der Waals surface area contributed by atoms with E-state index in [9.17, 15) is 0 Å². The molecule has 1 N–H and O–H groups in total. The second kappa shape index (κ2) is 10.6. The number of hydrazone groups is 1. The number of unbranched alkanes of at least 4 members (excludes halogenated alkanes) is 2. The Labute approximate surface area is 166 Å². The van der Waals surface area contributed by atoms with Crippen molar-refractivity contribution < 1.29 is 9.47 Å². The number of morpholine rings is 1. The van der Waals surface area contributed by atoms with E-state index < -0.39 is 0 Å². The van der Waals surface area contributed by atoms with Crippen molar-refractivity contribution in [2.75, 3.05) is 43.2 Å². The largest absolute Gasteiger partial charge is 0.494 e. The molecule has 0 radical (unpaired) electrons. The Morgan fingerprint density at radius 1 is 1.18 bits per heavy atom. The Balaban J connectivity index is 1.54. The molecule has 0 atom stereocenters. The van der Waals surface area contributed by atoms with E-state index >= 15 is 0 Å². The van der Waals surface area contributed by atoms with Gasteiger partial charge >= 0.3 is 0 Å². The van der Waals surface area contributed by atoms with E-state index in [1.54, 1.807) is 6.21 Å². The summed E-state index contributed by atoms with van der Waals surface area (Å²) in [6.07, 6.45) is 5.26. The van der Waals surface area contributed by atoms with Crippen LogP contribution in [0, 0.1) is 6.92 Å². The van der Waals surface area contributed by atoms with Gasteiger partial charge in [-0.05, 0) is 43.2 Å². The van der Waals surface area contributed by atoms with E-state index in [4.69, 9.17) is 9.47 Å². The first-order valence-electron chi connectivity index (χ1n) is 9.95. The number of rotatable bonds is 9. The van der Waals surface area contributed by atoms with E-state index in [0.29, 0.717) is 25.0 Å². The molecule has 1 aliphatic heterocycles. The Morgan fingerprint density at radius 2 is 1.96 bits per heavy atom. The van der Waals surface area contributed by atoms with Gasteiger partial charge in [-0.25, -0.2) is 4.98 Å². The standard InChI is InChI=1S/C21H29N5O2/c1-3-4-5-12-28-19-8-6-18(7-9-19)16-22-25-20-15-17(2)23-21(24-20)26-10-13-27-14-11-26/h6-9,15-16H,3-5,10-14H2,1-2H3,(H,23,24,25)/b22-16-. The number of aryl methyl sites for hydroxylation is 1. The molecule has 1 aromatic heterocycles.